The molecule has 0 aliphatic carbocycles. The number of nitrogens with one attached hydrogen (secondary N) is 2. The summed E-state index contributed by atoms with van der Waals surface area (Å²) in [6, 6.07) is 5.51. The van der Waals surface area contributed by atoms with E-state index < -0.39 is 5.82 Å². The van der Waals surface area contributed by atoms with Gasteiger partial charge in [-0.05, 0) is 36.5 Å². The molecular formula is C24H23ClFN7O. The van der Waals surface area contributed by atoms with Crippen LogP contribution in [0.5, 0.6) is 0 Å². The maximum absolute atomic E-state index is 14.5. The molecule has 0 aromatic carbocycles. The van der Waals surface area contributed by atoms with E-state index in [2.05, 4.69) is 30.2 Å². The molecule has 0 spiro atoms. The third kappa shape index (κ3) is 4.84. The summed E-state index contributed by atoms with van der Waals surface area (Å²) in [5, 5.41) is 4.39. The Bertz CT molecular complexity index is 1310. The van der Waals surface area contributed by atoms with E-state index in [-0.39, 0.29) is 17.6 Å². The van der Waals surface area contributed by atoms with Crippen LogP contribution in [0.25, 0.3) is 22.4 Å². The lowest BCUT2D eigenvalue weighted by molar-refractivity contribution is -0.132. The second-order valence-corrected chi connectivity index (χ2v) is 8.85. The lowest BCUT2D eigenvalue weighted by Gasteiger charge is -2.33. The van der Waals surface area contributed by atoms with Crippen molar-refractivity contribution in [2.75, 3.05) is 25.0 Å². The molecule has 4 aromatic rings. The van der Waals surface area contributed by atoms with E-state index in [4.69, 9.17) is 11.6 Å². The van der Waals surface area contributed by atoms with Gasteiger partial charge in [0.15, 0.2) is 17.5 Å². The zero-order chi connectivity index (χ0) is 23.5. The van der Waals surface area contributed by atoms with Crippen molar-refractivity contribution in [3.05, 3.63) is 65.6 Å². The summed E-state index contributed by atoms with van der Waals surface area (Å²) in [5.41, 5.74) is 2.25. The molecule has 0 radical (unpaired) electrons. The molecule has 1 aliphatic heterocycles. The van der Waals surface area contributed by atoms with Gasteiger partial charge in [0.2, 0.25) is 5.91 Å². The van der Waals surface area contributed by atoms with Crippen LogP contribution < -0.4 is 5.32 Å². The van der Waals surface area contributed by atoms with Crippen LogP contribution in [0, 0.1) is 11.7 Å². The van der Waals surface area contributed by atoms with Gasteiger partial charge >= 0.3 is 0 Å². The molecule has 0 bridgehead atoms. The van der Waals surface area contributed by atoms with E-state index in [1.165, 1.54) is 0 Å². The van der Waals surface area contributed by atoms with Gasteiger partial charge in [-0.2, -0.15) is 0 Å². The van der Waals surface area contributed by atoms with E-state index in [0.29, 0.717) is 41.6 Å². The van der Waals surface area contributed by atoms with E-state index >= 15 is 0 Å². The Morgan fingerprint density at radius 2 is 2.21 bits per heavy atom. The maximum Gasteiger partial charge on any atom is 0.227 e. The lowest BCUT2D eigenvalue weighted by atomic mass is 9.97. The first kappa shape index (κ1) is 22.2. The minimum atomic E-state index is -0.528. The molecule has 2 N–H and O–H groups in total. The number of rotatable bonds is 6. The van der Waals surface area contributed by atoms with Gasteiger partial charge in [0.25, 0.3) is 0 Å². The fraction of sp³-hybridized carbons (Fsp3) is 0.292. The first-order valence-corrected chi connectivity index (χ1v) is 11.5. The average Bonchev–Trinajstić information content (AvgIpc) is 3.27. The standard InChI is InChI=1S/C24H23ClFN7O/c25-17-8-18-19(12-30-22(18)29-11-17)23-31-13-20(26)24(32-23)28-10-16-4-2-6-33(14-16)21(34)7-15-3-1-5-27-9-15/h1,3,5,8-9,11-13,16H,2,4,6-7,10,14H2,(H,29,30)(H,28,31,32). The number of nitrogens with zero attached hydrogens (tertiary/aromatic N) is 5. The zero-order valence-electron chi connectivity index (χ0n) is 18.3. The maximum atomic E-state index is 14.5. The highest BCUT2D eigenvalue weighted by Gasteiger charge is 2.24. The van der Waals surface area contributed by atoms with Gasteiger partial charge in [-0.1, -0.05) is 17.7 Å². The number of likely N-dealkylation sites (tertiary alicyclic amines) is 1. The number of halogens is 2. The predicted molar refractivity (Wildman–Crippen MR) is 128 cm³/mol. The fourth-order valence-corrected chi connectivity index (χ4v) is 4.43. The van der Waals surface area contributed by atoms with Crippen molar-refractivity contribution in [3.63, 3.8) is 0 Å². The lowest BCUT2D eigenvalue weighted by Crippen LogP contribution is -2.42. The van der Waals surface area contributed by atoms with Crippen LogP contribution >= 0.6 is 11.6 Å². The minimum Gasteiger partial charge on any atom is -0.367 e. The van der Waals surface area contributed by atoms with Gasteiger partial charge in [-0.3, -0.25) is 9.78 Å². The van der Waals surface area contributed by atoms with Gasteiger partial charge in [-0.15, -0.1) is 0 Å². The first-order chi connectivity index (χ1) is 16.6. The summed E-state index contributed by atoms with van der Waals surface area (Å²) in [7, 11) is 0. The summed E-state index contributed by atoms with van der Waals surface area (Å²) in [6.07, 6.45) is 10.1. The number of pyridine rings is 2. The van der Waals surface area contributed by atoms with Crippen molar-refractivity contribution in [3.8, 4) is 11.4 Å². The Morgan fingerprint density at radius 3 is 3.06 bits per heavy atom. The molecule has 1 fully saturated rings. The normalized spacial score (nSPS) is 16.1. The number of piperidine rings is 1. The van der Waals surface area contributed by atoms with E-state index in [0.717, 1.165) is 36.5 Å². The quantitative estimate of drug-likeness (QED) is 0.432. The molecule has 1 aliphatic rings. The Kier molecular flexibility index (Phi) is 6.35. The minimum absolute atomic E-state index is 0.0832. The smallest absolute Gasteiger partial charge is 0.227 e. The molecule has 1 atom stereocenters. The highest BCUT2D eigenvalue weighted by Crippen LogP contribution is 2.28. The van der Waals surface area contributed by atoms with Crippen molar-refractivity contribution >= 4 is 34.4 Å². The van der Waals surface area contributed by atoms with Gasteiger partial charge in [0.1, 0.15) is 5.65 Å². The van der Waals surface area contributed by atoms with Crippen LogP contribution in [0.2, 0.25) is 5.02 Å². The number of aromatic nitrogens is 5. The summed E-state index contributed by atoms with van der Waals surface area (Å²) >= 11 is 6.09. The number of anilines is 1. The summed E-state index contributed by atoms with van der Waals surface area (Å²) in [4.78, 5) is 34.6. The summed E-state index contributed by atoms with van der Waals surface area (Å²) < 4.78 is 14.5. The summed E-state index contributed by atoms with van der Waals surface area (Å²) in [5.74, 6) is 0.254. The molecule has 4 aromatic heterocycles. The SMILES string of the molecule is O=C(Cc1cccnc1)N1CCCC(CNc2nc(-c3c[nH]c4ncc(Cl)cc34)ncc2F)C1. The number of H-pyrrole nitrogens is 1. The van der Waals surface area contributed by atoms with E-state index in [1.807, 2.05) is 17.0 Å². The average molecular weight is 480 g/mol. The number of carbonyl (C=O) groups is 1. The van der Waals surface area contributed by atoms with Crippen molar-refractivity contribution in [1.29, 1.82) is 0 Å². The van der Waals surface area contributed by atoms with E-state index in [1.54, 1.807) is 30.9 Å². The molecule has 1 unspecified atom stereocenters. The Morgan fingerprint density at radius 1 is 1.29 bits per heavy atom. The van der Waals surface area contributed by atoms with Gasteiger partial charge < -0.3 is 15.2 Å². The molecule has 34 heavy (non-hydrogen) atoms. The number of carbonyl (C=O) groups excluding carboxylic acids is 1. The number of hydrogen-bond acceptors (Lipinski definition) is 6. The highest BCUT2D eigenvalue weighted by atomic mass is 35.5. The van der Waals surface area contributed by atoms with Crippen molar-refractivity contribution < 1.29 is 9.18 Å². The molecule has 174 valence electrons. The Labute approximate surface area is 200 Å². The molecular weight excluding hydrogens is 457 g/mol. The van der Waals surface area contributed by atoms with E-state index in [9.17, 15) is 9.18 Å². The van der Waals surface area contributed by atoms with Gasteiger partial charge in [0.05, 0.1) is 17.6 Å². The largest absolute Gasteiger partial charge is 0.367 e. The molecule has 8 nitrogen and oxygen atoms in total. The first-order valence-electron chi connectivity index (χ1n) is 11.1. The van der Waals surface area contributed by atoms with Crippen LogP contribution in [0.1, 0.15) is 18.4 Å². The monoisotopic (exact) mass is 479 g/mol. The third-order valence-corrected chi connectivity index (χ3v) is 6.20. The second-order valence-electron chi connectivity index (χ2n) is 8.41. The van der Waals surface area contributed by atoms with Crippen LogP contribution in [0.15, 0.2) is 49.2 Å². The van der Waals surface area contributed by atoms with Crippen molar-refractivity contribution in [2.24, 2.45) is 5.92 Å². The Hall–Kier alpha value is -3.59. The third-order valence-electron chi connectivity index (χ3n) is 5.99. The number of fused-ring (bicyclic) bond motifs is 1. The number of hydrogen-bond donors (Lipinski definition) is 2. The summed E-state index contributed by atoms with van der Waals surface area (Å²) in [6.45, 7) is 1.86. The predicted octanol–water partition coefficient (Wildman–Crippen LogP) is 4.10. The molecule has 5 heterocycles. The van der Waals surface area contributed by atoms with Crippen molar-refractivity contribution in [2.45, 2.75) is 19.3 Å². The molecule has 10 heteroatoms. The number of amides is 1. The zero-order valence-corrected chi connectivity index (χ0v) is 19.1. The van der Waals surface area contributed by atoms with Crippen LogP contribution in [-0.4, -0.2) is 55.4 Å². The second kappa shape index (κ2) is 9.72. The van der Waals surface area contributed by atoms with Gasteiger partial charge in [-0.25, -0.2) is 19.3 Å². The van der Waals surface area contributed by atoms with Crippen LogP contribution in [-0.2, 0) is 11.2 Å². The molecule has 5 rings (SSSR count). The Balaban J connectivity index is 1.26. The molecule has 0 saturated carbocycles. The van der Waals surface area contributed by atoms with Crippen molar-refractivity contribution in [1.82, 2.24) is 29.8 Å². The topological polar surface area (TPSA) is 99.7 Å². The highest BCUT2D eigenvalue weighted by molar-refractivity contribution is 6.31. The van der Waals surface area contributed by atoms with Gasteiger partial charge in [0, 0.05) is 55.4 Å². The number of aromatic amines is 1. The fourth-order valence-electron chi connectivity index (χ4n) is 4.27. The van der Waals surface area contributed by atoms with Crippen LogP contribution in [0.4, 0.5) is 10.2 Å². The molecule has 1 amide bonds. The van der Waals surface area contributed by atoms with Crippen LogP contribution in [0.3, 0.4) is 0 Å². The molecule has 1 saturated heterocycles.